The molecule has 0 saturated heterocycles. The summed E-state index contributed by atoms with van der Waals surface area (Å²) in [6.45, 7) is 6.73. The Balaban J connectivity index is 2.93. The summed E-state index contributed by atoms with van der Waals surface area (Å²) in [6.07, 6.45) is 0. The smallest absolute Gasteiger partial charge is 0.243 e. The molecule has 0 aromatic carbocycles. The molecule has 1 atom stereocenters. The molecular weight excluding hydrogens is 262 g/mol. The molecule has 1 unspecified atom stereocenters. The van der Waals surface area contributed by atoms with Crippen molar-refractivity contribution in [3.05, 3.63) is 0 Å². The molecule has 20 heavy (non-hydrogen) atoms. The SMILES string of the molecule is CCN(CC)c1nc(NN)nc(NCC(C)(O)CO)n1. The molecule has 1 heterocycles. The number of rotatable bonds is 8. The maximum atomic E-state index is 9.75. The molecule has 0 bridgehead atoms. The zero-order valence-corrected chi connectivity index (χ0v) is 12.1. The number of nitrogens with two attached hydrogens (primary N) is 1. The average Bonchev–Trinajstić information content (AvgIpc) is 2.46. The van der Waals surface area contributed by atoms with Crippen molar-refractivity contribution in [1.29, 1.82) is 0 Å². The van der Waals surface area contributed by atoms with E-state index in [4.69, 9.17) is 10.9 Å². The minimum atomic E-state index is -1.25. The van der Waals surface area contributed by atoms with Gasteiger partial charge in [-0.2, -0.15) is 15.0 Å². The van der Waals surface area contributed by atoms with Gasteiger partial charge in [-0.25, -0.2) is 5.84 Å². The standard InChI is InChI=1S/C11H23N7O2/c1-4-18(5-2)10-15-8(14-9(16-10)17-12)13-6-11(3,20)7-19/h19-20H,4-7,12H2,1-3H3,(H2,13,14,15,16,17). The monoisotopic (exact) mass is 285 g/mol. The molecule has 0 amide bonds. The first-order valence-corrected chi connectivity index (χ1v) is 6.50. The van der Waals surface area contributed by atoms with Crippen LogP contribution in [0.1, 0.15) is 20.8 Å². The van der Waals surface area contributed by atoms with Gasteiger partial charge in [-0.15, -0.1) is 0 Å². The quantitative estimate of drug-likeness (QED) is 0.306. The summed E-state index contributed by atoms with van der Waals surface area (Å²) < 4.78 is 0. The molecule has 9 heteroatoms. The third-order valence-electron chi connectivity index (χ3n) is 2.77. The number of aliphatic hydroxyl groups excluding tert-OH is 1. The molecule has 0 saturated carbocycles. The van der Waals surface area contributed by atoms with Crippen LogP contribution in [0.4, 0.5) is 17.8 Å². The number of hydrogen-bond acceptors (Lipinski definition) is 9. The van der Waals surface area contributed by atoms with Gasteiger partial charge in [-0.1, -0.05) is 0 Å². The van der Waals surface area contributed by atoms with Crippen LogP contribution in [0, 0.1) is 0 Å². The maximum Gasteiger partial charge on any atom is 0.243 e. The summed E-state index contributed by atoms with van der Waals surface area (Å²) in [4.78, 5) is 14.4. The Hall–Kier alpha value is -1.71. The number of anilines is 3. The Bertz CT molecular complexity index is 423. The molecule has 0 aliphatic heterocycles. The summed E-state index contributed by atoms with van der Waals surface area (Å²) >= 11 is 0. The number of nitrogens with zero attached hydrogens (tertiary/aromatic N) is 4. The van der Waals surface area contributed by atoms with E-state index in [0.29, 0.717) is 5.95 Å². The minimum Gasteiger partial charge on any atom is -0.393 e. The number of hydrogen-bond donors (Lipinski definition) is 5. The number of aromatic nitrogens is 3. The molecule has 0 fully saturated rings. The third-order valence-corrected chi connectivity index (χ3v) is 2.77. The van der Waals surface area contributed by atoms with Crippen LogP contribution in [-0.4, -0.2) is 57.0 Å². The first-order chi connectivity index (χ1) is 9.45. The van der Waals surface area contributed by atoms with E-state index in [9.17, 15) is 5.11 Å². The molecule has 1 aromatic heterocycles. The number of nitrogen functional groups attached to an aromatic ring is 1. The Morgan fingerprint density at radius 1 is 1.20 bits per heavy atom. The molecule has 6 N–H and O–H groups in total. The molecule has 9 nitrogen and oxygen atoms in total. The van der Waals surface area contributed by atoms with Crippen LogP contribution < -0.4 is 21.5 Å². The van der Waals surface area contributed by atoms with Crippen molar-refractivity contribution in [3.8, 4) is 0 Å². The minimum absolute atomic E-state index is 0.106. The van der Waals surface area contributed by atoms with Crippen molar-refractivity contribution in [3.63, 3.8) is 0 Å². The van der Waals surface area contributed by atoms with Gasteiger partial charge in [0.25, 0.3) is 0 Å². The van der Waals surface area contributed by atoms with Crippen LogP contribution >= 0.6 is 0 Å². The van der Waals surface area contributed by atoms with Gasteiger partial charge in [0.1, 0.15) is 5.60 Å². The molecule has 0 spiro atoms. The number of aliphatic hydroxyl groups is 2. The van der Waals surface area contributed by atoms with Gasteiger partial charge in [0, 0.05) is 19.6 Å². The maximum absolute atomic E-state index is 9.75. The van der Waals surface area contributed by atoms with Crippen LogP contribution in [0.15, 0.2) is 0 Å². The van der Waals surface area contributed by atoms with Crippen LogP contribution in [0.2, 0.25) is 0 Å². The van der Waals surface area contributed by atoms with Crippen molar-refractivity contribution < 1.29 is 10.2 Å². The van der Waals surface area contributed by atoms with Crippen LogP contribution in [0.25, 0.3) is 0 Å². The summed E-state index contributed by atoms with van der Waals surface area (Å²) in [6, 6.07) is 0. The fraction of sp³-hybridized carbons (Fsp3) is 0.727. The van der Waals surface area contributed by atoms with E-state index in [1.807, 2.05) is 18.7 Å². The van der Waals surface area contributed by atoms with Crippen LogP contribution in [0.5, 0.6) is 0 Å². The first kappa shape index (κ1) is 16.3. The summed E-state index contributed by atoms with van der Waals surface area (Å²) in [5.41, 5.74) is 1.13. The van der Waals surface area contributed by atoms with Gasteiger partial charge < -0.3 is 20.4 Å². The number of hydrazine groups is 1. The van der Waals surface area contributed by atoms with Crippen molar-refractivity contribution in [2.45, 2.75) is 26.4 Å². The highest BCUT2D eigenvalue weighted by Gasteiger charge is 2.19. The second-order valence-corrected chi connectivity index (χ2v) is 4.61. The highest BCUT2D eigenvalue weighted by molar-refractivity contribution is 5.43. The fourth-order valence-electron chi connectivity index (χ4n) is 1.48. The molecule has 0 aliphatic carbocycles. The molecule has 0 aliphatic rings. The molecule has 114 valence electrons. The zero-order valence-electron chi connectivity index (χ0n) is 12.1. The lowest BCUT2D eigenvalue weighted by Crippen LogP contribution is -2.37. The van der Waals surface area contributed by atoms with Crippen molar-refractivity contribution in [1.82, 2.24) is 15.0 Å². The topological polar surface area (TPSA) is 132 Å². The zero-order chi connectivity index (χ0) is 15.2. The Morgan fingerprint density at radius 2 is 1.80 bits per heavy atom. The highest BCUT2D eigenvalue weighted by Crippen LogP contribution is 2.13. The first-order valence-electron chi connectivity index (χ1n) is 6.50. The van der Waals surface area contributed by atoms with Gasteiger partial charge in [0.15, 0.2) is 0 Å². The second-order valence-electron chi connectivity index (χ2n) is 4.61. The lowest BCUT2D eigenvalue weighted by Gasteiger charge is -2.22. The van der Waals surface area contributed by atoms with Gasteiger partial charge in [0.05, 0.1) is 6.61 Å². The van der Waals surface area contributed by atoms with E-state index in [-0.39, 0.29) is 25.0 Å². The van der Waals surface area contributed by atoms with Gasteiger partial charge in [-0.3, -0.25) is 5.43 Å². The van der Waals surface area contributed by atoms with Crippen molar-refractivity contribution in [2.75, 3.05) is 41.9 Å². The van der Waals surface area contributed by atoms with Gasteiger partial charge in [-0.05, 0) is 20.8 Å². The normalized spacial score (nSPS) is 13.7. The predicted molar refractivity (Wildman–Crippen MR) is 77.4 cm³/mol. The van der Waals surface area contributed by atoms with Crippen molar-refractivity contribution in [2.24, 2.45) is 5.84 Å². The Morgan fingerprint density at radius 3 is 2.30 bits per heavy atom. The van der Waals surface area contributed by atoms with Crippen LogP contribution in [0.3, 0.4) is 0 Å². The van der Waals surface area contributed by atoms with E-state index < -0.39 is 5.60 Å². The molecule has 1 aromatic rings. The van der Waals surface area contributed by atoms with E-state index in [1.165, 1.54) is 6.92 Å². The fourth-order valence-corrected chi connectivity index (χ4v) is 1.48. The predicted octanol–water partition coefficient (Wildman–Crippen LogP) is -0.841. The molecule has 1 rings (SSSR count). The van der Waals surface area contributed by atoms with Crippen LogP contribution in [-0.2, 0) is 0 Å². The largest absolute Gasteiger partial charge is 0.393 e. The van der Waals surface area contributed by atoms with E-state index in [2.05, 4.69) is 25.7 Å². The third kappa shape index (κ3) is 4.44. The summed E-state index contributed by atoms with van der Waals surface area (Å²) in [5, 5.41) is 21.6. The summed E-state index contributed by atoms with van der Waals surface area (Å²) in [5.74, 6) is 6.34. The Kier molecular flexibility index (Phi) is 5.86. The summed E-state index contributed by atoms with van der Waals surface area (Å²) in [7, 11) is 0. The number of nitrogens with one attached hydrogen (secondary N) is 2. The van der Waals surface area contributed by atoms with E-state index in [0.717, 1.165) is 13.1 Å². The molecule has 0 radical (unpaired) electrons. The van der Waals surface area contributed by atoms with Gasteiger partial charge in [0.2, 0.25) is 17.8 Å². The second kappa shape index (κ2) is 7.17. The Labute approximate surface area is 118 Å². The lowest BCUT2D eigenvalue weighted by atomic mass is 10.1. The lowest BCUT2D eigenvalue weighted by molar-refractivity contribution is 0.0131. The van der Waals surface area contributed by atoms with E-state index in [1.54, 1.807) is 0 Å². The molecular formula is C11H23N7O2. The van der Waals surface area contributed by atoms with E-state index >= 15 is 0 Å². The van der Waals surface area contributed by atoms with Crippen molar-refractivity contribution >= 4 is 17.8 Å². The van der Waals surface area contributed by atoms with Gasteiger partial charge >= 0.3 is 0 Å². The highest BCUT2D eigenvalue weighted by atomic mass is 16.3. The average molecular weight is 285 g/mol.